The minimum absolute atomic E-state index is 0.203. The lowest BCUT2D eigenvalue weighted by atomic mass is 10.1. The average Bonchev–Trinajstić information content (AvgIpc) is 2.62. The highest BCUT2D eigenvalue weighted by molar-refractivity contribution is 9.10. The van der Waals surface area contributed by atoms with E-state index in [1.807, 2.05) is 24.3 Å². The van der Waals surface area contributed by atoms with Crippen LogP contribution >= 0.6 is 15.9 Å². The molecular formula is C18H19BrN2O4. The molecule has 2 rings (SSSR count). The second kappa shape index (κ2) is 9.08. The van der Waals surface area contributed by atoms with Crippen LogP contribution in [-0.2, 0) is 11.2 Å². The number of benzene rings is 2. The van der Waals surface area contributed by atoms with Crippen LogP contribution in [0, 0.1) is 0 Å². The van der Waals surface area contributed by atoms with Crippen LogP contribution < -0.4 is 19.6 Å². The Kier molecular flexibility index (Phi) is 6.82. The van der Waals surface area contributed by atoms with E-state index in [0.29, 0.717) is 22.8 Å². The number of halogens is 1. The molecule has 0 saturated heterocycles. The maximum absolute atomic E-state index is 11.9. The zero-order chi connectivity index (χ0) is 18.2. The van der Waals surface area contributed by atoms with E-state index in [1.165, 1.54) is 27.5 Å². The Morgan fingerprint density at radius 3 is 2.20 bits per heavy atom. The first-order chi connectivity index (χ1) is 12.1. The molecule has 0 aliphatic rings. The van der Waals surface area contributed by atoms with E-state index < -0.39 is 0 Å². The molecule has 25 heavy (non-hydrogen) atoms. The van der Waals surface area contributed by atoms with Crippen molar-refractivity contribution < 1.29 is 19.0 Å². The Morgan fingerprint density at radius 1 is 1.08 bits per heavy atom. The number of hydrazone groups is 1. The molecule has 0 aliphatic carbocycles. The molecule has 0 aromatic heterocycles. The fraction of sp³-hybridized carbons (Fsp3) is 0.222. The topological polar surface area (TPSA) is 69.2 Å². The summed E-state index contributed by atoms with van der Waals surface area (Å²) >= 11 is 3.36. The van der Waals surface area contributed by atoms with Crippen molar-refractivity contribution in [3.63, 3.8) is 0 Å². The molecule has 0 spiro atoms. The smallest absolute Gasteiger partial charge is 0.244 e. The van der Waals surface area contributed by atoms with E-state index in [-0.39, 0.29) is 12.3 Å². The molecule has 132 valence electrons. The summed E-state index contributed by atoms with van der Waals surface area (Å²) in [6, 6.07) is 11.0. The summed E-state index contributed by atoms with van der Waals surface area (Å²) in [6.45, 7) is 0. The van der Waals surface area contributed by atoms with Crippen LogP contribution in [0.3, 0.4) is 0 Å². The van der Waals surface area contributed by atoms with Crippen molar-refractivity contribution in [3.05, 3.63) is 52.0 Å². The van der Waals surface area contributed by atoms with Crippen molar-refractivity contribution in [2.75, 3.05) is 21.3 Å². The number of rotatable bonds is 7. The van der Waals surface area contributed by atoms with Crippen LogP contribution in [0.5, 0.6) is 17.2 Å². The molecule has 0 bridgehead atoms. The van der Waals surface area contributed by atoms with Crippen LogP contribution in [0.15, 0.2) is 46.0 Å². The van der Waals surface area contributed by atoms with Gasteiger partial charge in [-0.05, 0) is 29.8 Å². The quantitative estimate of drug-likeness (QED) is 0.566. The monoisotopic (exact) mass is 406 g/mol. The summed E-state index contributed by atoms with van der Waals surface area (Å²) in [6.07, 6.45) is 1.77. The molecule has 0 heterocycles. The third kappa shape index (κ3) is 5.22. The first-order valence-corrected chi connectivity index (χ1v) is 8.23. The van der Waals surface area contributed by atoms with Gasteiger partial charge in [0.2, 0.25) is 11.7 Å². The van der Waals surface area contributed by atoms with Crippen LogP contribution in [0.4, 0.5) is 0 Å². The fourth-order valence-electron chi connectivity index (χ4n) is 2.18. The van der Waals surface area contributed by atoms with Crippen molar-refractivity contribution in [1.29, 1.82) is 0 Å². The second-order valence-electron chi connectivity index (χ2n) is 5.06. The van der Waals surface area contributed by atoms with E-state index >= 15 is 0 Å². The molecule has 0 saturated carbocycles. The molecule has 2 aromatic rings. The van der Waals surface area contributed by atoms with Crippen LogP contribution in [-0.4, -0.2) is 33.5 Å². The zero-order valence-electron chi connectivity index (χ0n) is 14.2. The van der Waals surface area contributed by atoms with Gasteiger partial charge in [-0.2, -0.15) is 5.10 Å². The number of hydrogen-bond donors (Lipinski definition) is 1. The molecule has 0 unspecified atom stereocenters. The van der Waals surface area contributed by atoms with Gasteiger partial charge in [0, 0.05) is 10.0 Å². The zero-order valence-corrected chi connectivity index (χ0v) is 15.8. The Morgan fingerprint density at radius 2 is 1.68 bits per heavy atom. The van der Waals surface area contributed by atoms with Gasteiger partial charge in [0.1, 0.15) is 0 Å². The van der Waals surface area contributed by atoms with Crippen LogP contribution in [0.2, 0.25) is 0 Å². The van der Waals surface area contributed by atoms with E-state index in [0.717, 1.165) is 10.0 Å². The Labute approximate surface area is 154 Å². The minimum atomic E-state index is -0.203. The number of amides is 1. The number of methoxy groups -OCH3 is 3. The summed E-state index contributed by atoms with van der Waals surface area (Å²) in [7, 11) is 4.62. The van der Waals surface area contributed by atoms with Crippen molar-refractivity contribution in [2.45, 2.75) is 6.42 Å². The number of carbonyl (C=O) groups excluding carboxylic acids is 1. The van der Waals surface area contributed by atoms with E-state index in [1.54, 1.807) is 12.1 Å². The molecule has 0 fully saturated rings. The maximum Gasteiger partial charge on any atom is 0.244 e. The third-order valence-corrected chi connectivity index (χ3v) is 3.90. The van der Waals surface area contributed by atoms with Gasteiger partial charge in [0.25, 0.3) is 0 Å². The van der Waals surface area contributed by atoms with Crippen molar-refractivity contribution >= 4 is 28.1 Å². The lowest BCUT2D eigenvalue weighted by molar-refractivity contribution is -0.120. The highest BCUT2D eigenvalue weighted by Crippen LogP contribution is 2.37. The molecule has 0 radical (unpaired) electrons. The molecular weight excluding hydrogens is 388 g/mol. The van der Waals surface area contributed by atoms with E-state index in [2.05, 4.69) is 26.5 Å². The SMILES string of the molecule is COc1cc(/C=N/NC(=O)Cc2ccc(Br)cc2)cc(OC)c1OC. The second-order valence-corrected chi connectivity index (χ2v) is 5.97. The molecule has 2 aromatic carbocycles. The van der Waals surface area contributed by atoms with Crippen LogP contribution in [0.1, 0.15) is 11.1 Å². The Bertz CT molecular complexity index is 735. The predicted octanol–water partition coefficient (Wildman–Crippen LogP) is 3.17. The number of hydrogen-bond acceptors (Lipinski definition) is 5. The molecule has 6 nitrogen and oxygen atoms in total. The molecule has 1 N–H and O–H groups in total. The van der Waals surface area contributed by atoms with Crippen molar-refractivity contribution in [2.24, 2.45) is 5.10 Å². The van der Waals surface area contributed by atoms with Crippen molar-refractivity contribution in [1.82, 2.24) is 5.43 Å². The minimum Gasteiger partial charge on any atom is -0.493 e. The molecule has 0 atom stereocenters. The van der Waals surface area contributed by atoms with E-state index in [9.17, 15) is 4.79 Å². The Hall–Kier alpha value is -2.54. The maximum atomic E-state index is 11.9. The summed E-state index contributed by atoms with van der Waals surface area (Å²) in [4.78, 5) is 11.9. The first kappa shape index (κ1) is 18.8. The lowest BCUT2D eigenvalue weighted by Gasteiger charge is -2.12. The highest BCUT2D eigenvalue weighted by atomic mass is 79.9. The number of nitrogens with one attached hydrogen (secondary N) is 1. The number of ether oxygens (including phenoxy) is 3. The highest BCUT2D eigenvalue weighted by Gasteiger charge is 2.12. The average molecular weight is 407 g/mol. The number of nitrogens with zero attached hydrogens (tertiary/aromatic N) is 1. The predicted molar refractivity (Wildman–Crippen MR) is 99.7 cm³/mol. The summed E-state index contributed by atoms with van der Waals surface area (Å²) in [5.74, 6) is 1.33. The fourth-order valence-corrected chi connectivity index (χ4v) is 2.45. The van der Waals surface area contributed by atoms with Crippen molar-refractivity contribution in [3.8, 4) is 17.2 Å². The third-order valence-electron chi connectivity index (χ3n) is 3.37. The van der Waals surface area contributed by atoms with Gasteiger partial charge in [0.05, 0.1) is 34.0 Å². The Balaban J connectivity index is 2.03. The van der Waals surface area contributed by atoms with Gasteiger partial charge >= 0.3 is 0 Å². The lowest BCUT2D eigenvalue weighted by Crippen LogP contribution is -2.19. The summed E-state index contributed by atoms with van der Waals surface area (Å²) < 4.78 is 16.8. The summed E-state index contributed by atoms with van der Waals surface area (Å²) in [5, 5.41) is 3.98. The largest absolute Gasteiger partial charge is 0.493 e. The van der Waals surface area contributed by atoms with Gasteiger partial charge in [-0.3, -0.25) is 4.79 Å². The standard InChI is InChI=1S/C18H19BrN2O4/c1-23-15-8-13(9-16(24-2)18(15)25-3)11-20-21-17(22)10-12-4-6-14(19)7-5-12/h4-9,11H,10H2,1-3H3,(H,21,22)/b20-11+. The molecule has 7 heteroatoms. The van der Waals surface area contributed by atoms with Crippen LogP contribution in [0.25, 0.3) is 0 Å². The normalized spacial score (nSPS) is 10.6. The summed E-state index contributed by atoms with van der Waals surface area (Å²) in [5.41, 5.74) is 4.12. The van der Waals surface area contributed by atoms with E-state index in [4.69, 9.17) is 14.2 Å². The van der Waals surface area contributed by atoms with Gasteiger partial charge in [-0.25, -0.2) is 5.43 Å². The van der Waals surface area contributed by atoms with Gasteiger partial charge in [0.15, 0.2) is 11.5 Å². The van der Waals surface area contributed by atoms with Gasteiger partial charge in [-0.15, -0.1) is 0 Å². The van der Waals surface area contributed by atoms with Gasteiger partial charge < -0.3 is 14.2 Å². The first-order valence-electron chi connectivity index (χ1n) is 7.43. The molecule has 1 amide bonds. The van der Waals surface area contributed by atoms with Gasteiger partial charge in [-0.1, -0.05) is 28.1 Å². The molecule has 0 aliphatic heterocycles. The number of carbonyl (C=O) groups is 1.